The third-order valence-corrected chi connectivity index (χ3v) is 7.67. The van der Waals surface area contributed by atoms with E-state index in [1.807, 2.05) is 0 Å². The first kappa shape index (κ1) is 29.1. The highest BCUT2D eigenvalue weighted by molar-refractivity contribution is 7.92. The van der Waals surface area contributed by atoms with Crippen LogP contribution >= 0.6 is 0 Å². The first-order valence-corrected chi connectivity index (χ1v) is 14.4. The molecule has 0 saturated heterocycles. The molecule has 0 aliphatic heterocycles. The minimum absolute atomic E-state index is 0.000167. The van der Waals surface area contributed by atoms with Crippen molar-refractivity contribution >= 4 is 39.2 Å². The van der Waals surface area contributed by atoms with Crippen LogP contribution in [-0.2, 0) is 22.7 Å². The maximum absolute atomic E-state index is 13.7. The fourth-order valence-corrected chi connectivity index (χ4v) is 4.73. The number of nitrogens with zero attached hydrogens (tertiary/aromatic N) is 3. The number of alkyl halides is 3. The van der Waals surface area contributed by atoms with Gasteiger partial charge in [-0.1, -0.05) is 25.5 Å². The minimum atomic E-state index is -4.75. The summed E-state index contributed by atoms with van der Waals surface area (Å²) < 4.78 is 67.5. The highest BCUT2D eigenvalue weighted by Crippen LogP contribution is 2.40. The van der Waals surface area contributed by atoms with Crippen LogP contribution in [0.2, 0.25) is 0 Å². The summed E-state index contributed by atoms with van der Waals surface area (Å²) in [6, 6.07) is 9.60. The predicted octanol–water partition coefficient (Wildman–Crippen LogP) is 5.07. The van der Waals surface area contributed by atoms with Gasteiger partial charge in [-0.25, -0.2) is 18.4 Å². The summed E-state index contributed by atoms with van der Waals surface area (Å²) in [6.45, 7) is 3.31. The summed E-state index contributed by atoms with van der Waals surface area (Å²) in [4.78, 5) is 24.6. The van der Waals surface area contributed by atoms with E-state index >= 15 is 0 Å². The van der Waals surface area contributed by atoms with E-state index in [0.717, 1.165) is 25.7 Å². The molecule has 3 aromatic rings. The van der Waals surface area contributed by atoms with Gasteiger partial charge in [0.1, 0.15) is 17.2 Å². The van der Waals surface area contributed by atoms with Gasteiger partial charge in [0.25, 0.3) is 5.91 Å². The summed E-state index contributed by atoms with van der Waals surface area (Å²) in [6.07, 6.45) is 0.997. The van der Waals surface area contributed by atoms with Crippen LogP contribution in [0.25, 0.3) is 0 Å². The molecule has 0 atom stereocenters. The Hall–Kier alpha value is -3.94. The number of nitrogens with one attached hydrogen (secondary N) is 4. The zero-order chi connectivity index (χ0) is 29.0. The fourth-order valence-electron chi connectivity index (χ4n) is 4.10. The molecule has 4 rings (SSSR count). The second-order valence-electron chi connectivity index (χ2n) is 9.51. The molecular weight excluding hydrogens is 547 g/mol. The molecule has 0 bridgehead atoms. The zero-order valence-corrected chi connectivity index (χ0v) is 22.8. The summed E-state index contributed by atoms with van der Waals surface area (Å²) >= 11 is 0. The van der Waals surface area contributed by atoms with Gasteiger partial charge in [-0.05, 0) is 50.5 Å². The number of carbonyl (C=O) groups excluding carboxylic acids is 1. The van der Waals surface area contributed by atoms with Crippen LogP contribution in [0, 0.1) is 0 Å². The maximum atomic E-state index is 13.7. The smallest absolute Gasteiger partial charge is 0.365 e. The molecule has 0 radical (unpaired) electrons. The number of pyridine rings is 1. The highest BCUT2D eigenvalue weighted by Gasteiger charge is 2.43. The minimum Gasteiger partial charge on any atom is -0.365 e. The molecule has 1 aromatic carbocycles. The summed E-state index contributed by atoms with van der Waals surface area (Å²) in [7, 11) is -3.65. The molecule has 40 heavy (non-hydrogen) atoms. The van der Waals surface area contributed by atoms with E-state index in [1.54, 1.807) is 24.3 Å². The van der Waals surface area contributed by atoms with E-state index in [9.17, 15) is 26.4 Å². The summed E-state index contributed by atoms with van der Waals surface area (Å²) in [5.41, 5.74) is -0.123. The third kappa shape index (κ3) is 7.37. The van der Waals surface area contributed by atoms with Gasteiger partial charge in [-0.15, -0.1) is 0 Å². The van der Waals surface area contributed by atoms with Gasteiger partial charge in [0.15, 0.2) is 0 Å². The van der Waals surface area contributed by atoms with E-state index in [4.69, 9.17) is 0 Å². The highest BCUT2D eigenvalue weighted by atomic mass is 32.2. The molecule has 2 aromatic heterocycles. The molecular formula is C26H30F3N7O3S. The lowest BCUT2D eigenvalue weighted by atomic mass is 10.1. The van der Waals surface area contributed by atoms with Crippen LogP contribution in [-0.4, -0.2) is 40.6 Å². The molecule has 214 valence electrons. The molecule has 2 heterocycles. The van der Waals surface area contributed by atoms with Crippen molar-refractivity contribution in [2.75, 3.05) is 21.1 Å². The number of hydrogen-bond donors (Lipinski definition) is 4. The largest absolute Gasteiger partial charge is 0.421 e. The van der Waals surface area contributed by atoms with Gasteiger partial charge < -0.3 is 16.0 Å². The van der Waals surface area contributed by atoms with Crippen molar-refractivity contribution in [3.63, 3.8) is 0 Å². The second kappa shape index (κ2) is 11.7. The average molecular weight is 578 g/mol. The number of halogens is 3. The van der Waals surface area contributed by atoms with Crippen LogP contribution < -0.4 is 20.7 Å². The Labute approximate surface area is 230 Å². The van der Waals surface area contributed by atoms with Crippen molar-refractivity contribution in [2.24, 2.45) is 0 Å². The Morgan fingerprint density at radius 1 is 1.07 bits per heavy atom. The van der Waals surface area contributed by atoms with Gasteiger partial charge in [0.05, 0.1) is 5.75 Å². The van der Waals surface area contributed by atoms with Gasteiger partial charge in [0, 0.05) is 41.3 Å². The molecule has 0 unspecified atom stereocenters. The van der Waals surface area contributed by atoms with E-state index in [-0.39, 0.29) is 35.5 Å². The van der Waals surface area contributed by atoms with Gasteiger partial charge in [-0.3, -0.25) is 9.52 Å². The molecule has 1 aliphatic rings. The molecule has 0 spiro atoms. The summed E-state index contributed by atoms with van der Waals surface area (Å²) in [5.74, 6) is -1.06. The van der Waals surface area contributed by atoms with Crippen molar-refractivity contribution in [3.8, 4) is 0 Å². The molecule has 1 fully saturated rings. The van der Waals surface area contributed by atoms with E-state index in [2.05, 4.69) is 42.5 Å². The number of benzene rings is 1. The topological polar surface area (TPSA) is 138 Å². The van der Waals surface area contributed by atoms with Crippen LogP contribution in [0.4, 0.5) is 36.4 Å². The van der Waals surface area contributed by atoms with E-state index in [0.29, 0.717) is 23.0 Å². The molecule has 14 heteroatoms. The number of hydrogen-bond acceptors (Lipinski definition) is 8. The molecule has 1 aliphatic carbocycles. The predicted molar refractivity (Wildman–Crippen MR) is 146 cm³/mol. The van der Waals surface area contributed by atoms with Gasteiger partial charge in [0.2, 0.25) is 16.0 Å². The number of aromatic nitrogens is 3. The molecule has 1 amide bonds. The first-order valence-electron chi connectivity index (χ1n) is 12.8. The molecule has 10 nitrogen and oxygen atoms in total. The normalized spacial score (nSPS) is 14.3. The van der Waals surface area contributed by atoms with Gasteiger partial charge >= 0.3 is 6.18 Å². The van der Waals surface area contributed by atoms with Crippen molar-refractivity contribution in [3.05, 3.63) is 65.5 Å². The molecule has 4 N–H and O–H groups in total. The Bertz CT molecular complexity index is 1480. The van der Waals surface area contributed by atoms with Crippen LogP contribution in [0.15, 0.2) is 48.8 Å². The van der Waals surface area contributed by atoms with Crippen molar-refractivity contribution in [1.82, 2.24) is 20.3 Å². The Kier molecular flexibility index (Phi) is 8.47. The number of amides is 1. The Balaban J connectivity index is 1.53. The first-order chi connectivity index (χ1) is 18.9. The van der Waals surface area contributed by atoms with Crippen LogP contribution in [0.5, 0.6) is 0 Å². The third-order valence-electron chi connectivity index (χ3n) is 6.41. The Morgan fingerprint density at radius 3 is 2.52 bits per heavy atom. The lowest BCUT2D eigenvalue weighted by molar-refractivity contribution is -0.137. The quantitative estimate of drug-likeness (QED) is 0.234. The van der Waals surface area contributed by atoms with Crippen molar-refractivity contribution in [2.45, 2.75) is 57.8 Å². The lowest BCUT2D eigenvalue weighted by Crippen LogP contribution is -2.36. The van der Waals surface area contributed by atoms with Crippen molar-refractivity contribution in [1.29, 1.82) is 0 Å². The maximum Gasteiger partial charge on any atom is 0.421 e. The average Bonchev–Trinajstić information content (AvgIpc) is 3.66. The fraction of sp³-hybridized carbons (Fsp3) is 0.385. The van der Waals surface area contributed by atoms with Gasteiger partial charge in [-0.2, -0.15) is 18.2 Å². The second-order valence-corrected chi connectivity index (χ2v) is 11.5. The number of sulfonamides is 1. The zero-order valence-electron chi connectivity index (χ0n) is 22.0. The van der Waals surface area contributed by atoms with E-state index < -0.39 is 27.6 Å². The standard InChI is InChI=1S/C26H30F3N7O3S/c1-3-10-25(11-12-25)35-23(37)17-7-5-9-19(14-17)33-24-32-16-20(26(27,28)29)22(34-24)31-15-18-8-6-13-30-21(18)36-40(38,39)4-2/h5-9,13-14,16H,3-4,10-12,15H2,1-2H3,(H,30,36)(H,35,37)(H2,31,32,33,34). The van der Waals surface area contributed by atoms with Crippen LogP contribution in [0.3, 0.4) is 0 Å². The van der Waals surface area contributed by atoms with E-state index in [1.165, 1.54) is 25.3 Å². The number of carbonyl (C=O) groups is 1. The van der Waals surface area contributed by atoms with Crippen LogP contribution in [0.1, 0.15) is 61.0 Å². The lowest BCUT2D eigenvalue weighted by Gasteiger charge is -2.17. The summed E-state index contributed by atoms with van der Waals surface area (Å²) in [5, 5.41) is 8.57. The number of anilines is 4. The van der Waals surface area contributed by atoms with Crippen molar-refractivity contribution < 1.29 is 26.4 Å². The monoisotopic (exact) mass is 577 g/mol. The Morgan fingerprint density at radius 2 is 1.85 bits per heavy atom. The molecule has 1 saturated carbocycles. The number of rotatable bonds is 12. The SMILES string of the molecule is CCCC1(NC(=O)c2cccc(Nc3ncc(C(F)(F)F)c(NCc4cccnc4NS(=O)(=O)CC)n3)c2)CC1.